The van der Waals surface area contributed by atoms with Crippen LogP contribution in [0.2, 0.25) is 15.1 Å². The fourth-order valence-corrected chi connectivity index (χ4v) is 3.70. The first-order valence-corrected chi connectivity index (χ1v) is 10.1. The number of hydrogen-bond donors (Lipinski definition) is 1. The van der Waals surface area contributed by atoms with Crippen LogP contribution in [0.5, 0.6) is 5.75 Å². The molecule has 0 atom stereocenters. The lowest BCUT2D eigenvalue weighted by molar-refractivity contribution is -0.124. The molecule has 2 aromatic carbocycles. The van der Waals surface area contributed by atoms with Crippen molar-refractivity contribution in [2.45, 2.75) is 25.4 Å². The van der Waals surface area contributed by atoms with Gasteiger partial charge in [0.1, 0.15) is 11.6 Å². The van der Waals surface area contributed by atoms with Gasteiger partial charge >= 0.3 is 0 Å². The second-order valence-electron chi connectivity index (χ2n) is 6.73. The molecule has 8 heteroatoms. The van der Waals surface area contributed by atoms with Gasteiger partial charge in [0.2, 0.25) is 0 Å². The Labute approximate surface area is 178 Å². The maximum Gasteiger partial charge on any atom is 0.258 e. The Kier molecular flexibility index (Phi) is 7.41. The van der Waals surface area contributed by atoms with E-state index < -0.39 is 0 Å². The van der Waals surface area contributed by atoms with Crippen LogP contribution < -0.4 is 10.1 Å². The topological polar surface area (TPSA) is 41.6 Å². The Balaban J connectivity index is 1.41. The van der Waals surface area contributed by atoms with Crippen LogP contribution in [0.1, 0.15) is 18.4 Å². The smallest absolute Gasteiger partial charge is 0.258 e. The van der Waals surface area contributed by atoms with Crippen LogP contribution in [0, 0.1) is 5.82 Å². The molecule has 1 aliphatic heterocycles. The van der Waals surface area contributed by atoms with Gasteiger partial charge in [-0.2, -0.15) is 0 Å². The molecular weight excluding hydrogens is 426 g/mol. The van der Waals surface area contributed by atoms with E-state index in [4.69, 9.17) is 39.5 Å². The van der Waals surface area contributed by atoms with E-state index in [9.17, 15) is 9.18 Å². The molecule has 1 N–H and O–H groups in total. The number of rotatable bonds is 6. The minimum atomic E-state index is -0.227. The second-order valence-corrected chi connectivity index (χ2v) is 7.95. The molecule has 28 heavy (non-hydrogen) atoms. The van der Waals surface area contributed by atoms with Gasteiger partial charge in [-0.3, -0.25) is 9.69 Å². The Morgan fingerprint density at radius 3 is 2.39 bits per heavy atom. The average molecular weight is 446 g/mol. The number of benzene rings is 2. The molecular formula is C20H20Cl3FN2O2. The van der Waals surface area contributed by atoms with E-state index in [0.29, 0.717) is 20.8 Å². The maximum absolute atomic E-state index is 13.0. The number of carbonyl (C=O) groups excluding carboxylic acids is 1. The fourth-order valence-electron chi connectivity index (χ4n) is 3.11. The van der Waals surface area contributed by atoms with E-state index in [0.717, 1.165) is 38.0 Å². The van der Waals surface area contributed by atoms with Gasteiger partial charge in [0.05, 0.1) is 15.1 Å². The van der Waals surface area contributed by atoms with Gasteiger partial charge in [-0.05, 0) is 36.6 Å². The van der Waals surface area contributed by atoms with Crippen molar-refractivity contribution in [3.63, 3.8) is 0 Å². The van der Waals surface area contributed by atoms with Crippen molar-refractivity contribution in [3.05, 3.63) is 62.8 Å². The zero-order chi connectivity index (χ0) is 20.1. The van der Waals surface area contributed by atoms with Crippen LogP contribution in [0.15, 0.2) is 36.4 Å². The van der Waals surface area contributed by atoms with E-state index in [1.807, 2.05) is 0 Å². The van der Waals surface area contributed by atoms with Crippen molar-refractivity contribution in [3.8, 4) is 5.75 Å². The maximum atomic E-state index is 13.0. The Bertz CT molecular complexity index is 825. The highest BCUT2D eigenvalue weighted by molar-refractivity contribution is 6.43. The largest absolute Gasteiger partial charge is 0.482 e. The van der Waals surface area contributed by atoms with Crippen molar-refractivity contribution >= 4 is 40.7 Å². The van der Waals surface area contributed by atoms with Gasteiger partial charge in [-0.1, -0.05) is 46.9 Å². The average Bonchev–Trinajstić information content (AvgIpc) is 2.67. The summed E-state index contributed by atoms with van der Waals surface area (Å²) in [6.07, 6.45) is 1.70. The van der Waals surface area contributed by atoms with Crippen LogP contribution >= 0.6 is 34.8 Å². The Morgan fingerprint density at radius 2 is 1.71 bits per heavy atom. The van der Waals surface area contributed by atoms with E-state index in [2.05, 4.69) is 10.2 Å². The molecule has 1 aliphatic rings. The van der Waals surface area contributed by atoms with Crippen LogP contribution in [0.4, 0.5) is 4.39 Å². The summed E-state index contributed by atoms with van der Waals surface area (Å²) in [5.74, 6) is -0.117. The van der Waals surface area contributed by atoms with E-state index in [-0.39, 0.29) is 24.4 Å². The lowest BCUT2D eigenvalue weighted by Crippen LogP contribution is -2.45. The van der Waals surface area contributed by atoms with Gasteiger partial charge in [-0.15, -0.1) is 0 Å². The molecule has 150 valence electrons. The van der Waals surface area contributed by atoms with E-state index >= 15 is 0 Å². The number of carbonyl (C=O) groups is 1. The van der Waals surface area contributed by atoms with Crippen molar-refractivity contribution < 1.29 is 13.9 Å². The molecule has 0 unspecified atom stereocenters. The third kappa shape index (κ3) is 5.98. The number of nitrogens with one attached hydrogen (secondary N) is 1. The van der Waals surface area contributed by atoms with Gasteiger partial charge in [0.15, 0.2) is 6.61 Å². The summed E-state index contributed by atoms with van der Waals surface area (Å²) in [6.45, 7) is 2.36. The number of piperidine rings is 1. The molecule has 0 spiro atoms. The minimum Gasteiger partial charge on any atom is -0.482 e. The zero-order valence-electron chi connectivity index (χ0n) is 15.1. The fraction of sp³-hybridized carbons (Fsp3) is 0.350. The predicted octanol–water partition coefficient (Wildman–Crippen LogP) is 4.95. The third-order valence-corrected chi connectivity index (χ3v) is 5.62. The molecule has 4 nitrogen and oxygen atoms in total. The lowest BCUT2D eigenvalue weighted by Gasteiger charge is -2.32. The first kappa shape index (κ1) is 21.2. The highest BCUT2D eigenvalue weighted by Crippen LogP contribution is 2.33. The van der Waals surface area contributed by atoms with Crippen molar-refractivity contribution in [2.24, 2.45) is 0 Å². The molecule has 0 bridgehead atoms. The van der Waals surface area contributed by atoms with E-state index in [1.54, 1.807) is 12.1 Å². The zero-order valence-corrected chi connectivity index (χ0v) is 17.3. The quantitative estimate of drug-likeness (QED) is 0.640. The SMILES string of the molecule is O=C(COc1cc(Cl)c(Cl)cc1Cl)NC1CCN(Cc2ccc(F)cc2)CC1. The number of halogens is 4. The van der Waals surface area contributed by atoms with Crippen LogP contribution in [-0.2, 0) is 11.3 Å². The van der Waals surface area contributed by atoms with Crippen LogP contribution in [0.3, 0.4) is 0 Å². The summed E-state index contributed by atoms with van der Waals surface area (Å²) in [6, 6.07) is 9.63. The summed E-state index contributed by atoms with van der Waals surface area (Å²) >= 11 is 17.9. The van der Waals surface area contributed by atoms with Gasteiger partial charge < -0.3 is 10.1 Å². The molecule has 1 saturated heterocycles. The Morgan fingerprint density at radius 1 is 1.07 bits per heavy atom. The molecule has 1 amide bonds. The van der Waals surface area contributed by atoms with Gasteiger partial charge in [-0.25, -0.2) is 4.39 Å². The van der Waals surface area contributed by atoms with Gasteiger partial charge in [0, 0.05) is 31.7 Å². The lowest BCUT2D eigenvalue weighted by atomic mass is 10.0. The van der Waals surface area contributed by atoms with E-state index in [1.165, 1.54) is 24.3 Å². The first-order chi connectivity index (χ1) is 13.4. The van der Waals surface area contributed by atoms with Crippen LogP contribution in [-0.4, -0.2) is 36.5 Å². The normalized spacial score (nSPS) is 15.4. The number of likely N-dealkylation sites (tertiary alicyclic amines) is 1. The standard InChI is InChI=1S/C20H20Cl3FN2O2/c21-16-9-18(23)19(10-17(16)22)28-12-20(27)25-15-5-7-26(8-6-15)11-13-1-3-14(24)4-2-13/h1-4,9-10,15H,5-8,11-12H2,(H,25,27). The number of hydrogen-bond acceptors (Lipinski definition) is 3. The minimum absolute atomic E-state index is 0.102. The monoisotopic (exact) mass is 444 g/mol. The molecule has 0 aromatic heterocycles. The summed E-state index contributed by atoms with van der Waals surface area (Å²) in [5.41, 5.74) is 1.08. The molecule has 0 saturated carbocycles. The highest BCUT2D eigenvalue weighted by atomic mass is 35.5. The summed E-state index contributed by atoms with van der Waals surface area (Å²) in [4.78, 5) is 14.5. The number of amides is 1. The van der Waals surface area contributed by atoms with Crippen molar-refractivity contribution in [1.29, 1.82) is 0 Å². The third-order valence-electron chi connectivity index (χ3n) is 4.61. The first-order valence-electron chi connectivity index (χ1n) is 8.94. The number of nitrogens with zero attached hydrogens (tertiary/aromatic N) is 1. The molecule has 0 aliphatic carbocycles. The predicted molar refractivity (Wildman–Crippen MR) is 110 cm³/mol. The summed E-state index contributed by atoms with van der Waals surface area (Å²) in [7, 11) is 0. The second kappa shape index (κ2) is 9.79. The summed E-state index contributed by atoms with van der Waals surface area (Å²) < 4.78 is 18.4. The molecule has 0 radical (unpaired) electrons. The molecule has 1 fully saturated rings. The molecule has 1 heterocycles. The van der Waals surface area contributed by atoms with Crippen molar-refractivity contribution in [1.82, 2.24) is 10.2 Å². The highest BCUT2D eigenvalue weighted by Gasteiger charge is 2.21. The molecule has 2 aromatic rings. The molecule has 3 rings (SSSR count). The van der Waals surface area contributed by atoms with Crippen LogP contribution in [0.25, 0.3) is 0 Å². The Hall–Kier alpha value is -1.53. The summed E-state index contributed by atoms with van der Waals surface area (Å²) in [5, 5.41) is 3.93. The van der Waals surface area contributed by atoms with Crippen molar-refractivity contribution in [2.75, 3.05) is 19.7 Å². The number of ether oxygens (including phenoxy) is 1. The van der Waals surface area contributed by atoms with Gasteiger partial charge in [0.25, 0.3) is 5.91 Å².